The van der Waals surface area contributed by atoms with Crippen molar-refractivity contribution in [2.75, 3.05) is 19.3 Å². The molecule has 0 bridgehead atoms. The zero-order valence-electron chi connectivity index (χ0n) is 22.2. The fraction of sp³-hybridized carbons (Fsp3) is 0.462. The van der Waals surface area contributed by atoms with Crippen LogP contribution in [-0.4, -0.2) is 62.5 Å². The summed E-state index contributed by atoms with van der Waals surface area (Å²) < 4.78 is 79.6. The fourth-order valence-corrected chi connectivity index (χ4v) is 4.36. The Kier molecular flexibility index (Phi) is 12.8. The van der Waals surface area contributed by atoms with Crippen LogP contribution in [-0.2, 0) is 22.4 Å². The molecule has 1 amide bonds. The molecule has 1 aliphatic carbocycles. The minimum atomic E-state index is -4.82. The van der Waals surface area contributed by atoms with Crippen molar-refractivity contribution in [2.45, 2.75) is 57.5 Å². The number of carbonyl (C=O) groups is 2. The van der Waals surface area contributed by atoms with Gasteiger partial charge in [-0.3, -0.25) is 18.7 Å². The first kappa shape index (κ1) is 34.3. The number of alkyl halides is 3. The van der Waals surface area contributed by atoms with Crippen molar-refractivity contribution < 1.29 is 50.5 Å². The predicted molar refractivity (Wildman–Crippen MR) is 142 cm³/mol. The number of hydrogen-bond acceptors (Lipinski definition) is 7. The molecule has 2 aromatic rings. The number of aliphatic carboxylic acids is 1. The molecule has 9 nitrogen and oxygen atoms in total. The van der Waals surface area contributed by atoms with Crippen LogP contribution in [0, 0.1) is 5.82 Å². The summed E-state index contributed by atoms with van der Waals surface area (Å²) >= 11 is 4.04. The molecule has 228 valence electrons. The van der Waals surface area contributed by atoms with Crippen molar-refractivity contribution in [3.63, 3.8) is 0 Å². The van der Waals surface area contributed by atoms with E-state index in [1.807, 2.05) is 0 Å². The summed E-state index contributed by atoms with van der Waals surface area (Å²) in [6, 6.07) is 6.67. The lowest BCUT2D eigenvalue weighted by Crippen LogP contribution is -2.38. The molecule has 2 aliphatic rings. The van der Waals surface area contributed by atoms with Crippen LogP contribution in [0.1, 0.15) is 60.0 Å². The third-order valence-electron chi connectivity index (χ3n) is 5.82. The van der Waals surface area contributed by atoms with E-state index >= 15 is 0 Å². The maximum absolute atomic E-state index is 14.4. The molecule has 41 heavy (non-hydrogen) atoms. The Morgan fingerprint density at radius 2 is 1.66 bits per heavy atom. The molecule has 4 rings (SSSR count). The van der Waals surface area contributed by atoms with Gasteiger partial charge in [-0.1, -0.05) is 22.7 Å². The average Bonchev–Trinajstić information content (AvgIpc) is 3.63. The quantitative estimate of drug-likeness (QED) is 0.324. The van der Waals surface area contributed by atoms with Crippen molar-refractivity contribution in [3.8, 4) is 11.5 Å². The minimum Gasteiger partial charge on any atom is -0.773 e. The number of benzene rings is 2. The zero-order valence-corrected chi connectivity index (χ0v) is 23.8. The van der Waals surface area contributed by atoms with Crippen LogP contribution in [0.15, 0.2) is 30.3 Å². The van der Waals surface area contributed by atoms with Crippen LogP contribution >= 0.6 is 11.6 Å². The van der Waals surface area contributed by atoms with Crippen LogP contribution < -0.4 is 15.2 Å². The summed E-state index contributed by atoms with van der Waals surface area (Å²) in [4.78, 5) is 22.7. The Hall–Kier alpha value is -2.94. The van der Waals surface area contributed by atoms with E-state index in [2.05, 4.69) is 9.64 Å². The van der Waals surface area contributed by atoms with Crippen LogP contribution in [0.2, 0.25) is 5.02 Å². The SMILES string of the molecule is CC(=O)O.CS(=O)[O-].NC(=O)c1cc(C2CC2)c(CN2CCC(Oc3cc(Cl)cc(OC(F)(F)F)c3)CC2)cc1F. The lowest BCUT2D eigenvalue weighted by atomic mass is 9.97. The number of carboxylic acids is 1. The molecular formula is C26H30ClF4N2O7S-. The van der Waals surface area contributed by atoms with Gasteiger partial charge in [-0.2, -0.15) is 0 Å². The number of nitrogens with two attached hydrogens (primary N) is 1. The number of ether oxygens (including phenoxy) is 2. The van der Waals surface area contributed by atoms with Gasteiger partial charge >= 0.3 is 6.36 Å². The number of primary amides is 1. The van der Waals surface area contributed by atoms with Crippen LogP contribution in [0.3, 0.4) is 0 Å². The van der Waals surface area contributed by atoms with Gasteiger partial charge in [-0.15, -0.1) is 13.2 Å². The van der Waals surface area contributed by atoms with Gasteiger partial charge in [0.25, 0.3) is 11.9 Å². The molecule has 1 saturated carbocycles. The molecule has 1 heterocycles. The van der Waals surface area contributed by atoms with Crippen molar-refractivity contribution in [2.24, 2.45) is 5.73 Å². The number of carboxylic acid groups (broad SMARTS) is 1. The Bertz CT molecular complexity index is 1220. The largest absolute Gasteiger partial charge is 0.773 e. The second-order valence-electron chi connectivity index (χ2n) is 9.35. The highest BCUT2D eigenvalue weighted by atomic mass is 35.5. The summed E-state index contributed by atoms with van der Waals surface area (Å²) in [6.45, 7) is 2.95. The molecule has 0 aromatic heterocycles. The number of nitrogens with zero attached hydrogens (tertiary/aromatic N) is 1. The highest BCUT2D eigenvalue weighted by Crippen LogP contribution is 2.43. The number of halogens is 5. The van der Waals surface area contributed by atoms with Crippen LogP contribution in [0.4, 0.5) is 17.6 Å². The molecule has 1 aliphatic heterocycles. The van der Waals surface area contributed by atoms with Crippen LogP contribution in [0.25, 0.3) is 0 Å². The molecular weight excluding hydrogens is 596 g/mol. The second-order valence-corrected chi connectivity index (χ2v) is 10.6. The monoisotopic (exact) mass is 625 g/mol. The topological polar surface area (TPSA) is 142 Å². The summed E-state index contributed by atoms with van der Waals surface area (Å²) in [5.41, 5.74) is 7.03. The molecule has 1 atom stereocenters. The standard InChI is InChI=1S/C23H23ClF4N2O3.C2H4O2.CH4O2S/c24-15-8-17(10-18(9-15)33-23(26,27)28)32-16-3-5-30(6-4-16)12-14-7-21(25)20(22(29)31)11-19(14)13-1-2-13;1-2(3)4;1-4(2)3/h7-11,13,16H,1-6,12H2,(H2,29,31);1H3,(H,3,4);1H3,(H,2,3)/p-1. The first-order chi connectivity index (χ1) is 19.0. The maximum Gasteiger partial charge on any atom is 0.573 e. The Labute approximate surface area is 241 Å². The van der Waals surface area contributed by atoms with E-state index in [1.165, 1.54) is 12.1 Å². The van der Waals surface area contributed by atoms with Gasteiger partial charge in [-0.05, 0) is 73.2 Å². The van der Waals surface area contributed by atoms with E-state index in [0.717, 1.165) is 49.3 Å². The molecule has 1 unspecified atom stereocenters. The molecule has 15 heteroatoms. The maximum atomic E-state index is 14.4. The summed E-state index contributed by atoms with van der Waals surface area (Å²) in [7, 11) is 0. The molecule has 3 N–H and O–H groups in total. The normalized spacial score (nSPS) is 16.4. The predicted octanol–water partition coefficient (Wildman–Crippen LogP) is 4.98. The number of hydrogen-bond donors (Lipinski definition) is 2. The van der Waals surface area contributed by atoms with E-state index in [0.29, 0.717) is 38.4 Å². The lowest BCUT2D eigenvalue weighted by molar-refractivity contribution is -0.274. The van der Waals surface area contributed by atoms with Gasteiger partial charge in [0.2, 0.25) is 0 Å². The highest BCUT2D eigenvalue weighted by molar-refractivity contribution is 7.78. The smallest absolute Gasteiger partial charge is 0.573 e. The van der Waals surface area contributed by atoms with Crippen molar-refractivity contribution in [1.82, 2.24) is 4.90 Å². The third kappa shape index (κ3) is 13.1. The van der Waals surface area contributed by atoms with Crippen molar-refractivity contribution >= 4 is 34.6 Å². The average molecular weight is 626 g/mol. The number of likely N-dealkylation sites (tertiary alicyclic amines) is 1. The van der Waals surface area contributed by atoms with Crippen molar-refractivity contribution in [3.05, 3.63) is 57.9 Å². The minimum absolute atomic E-state index is 0.0804. The van der Waals surface area contributed by atoms with Gasteiger partial charge in [0, 0.05) is 37.6 Å². The Morgan fingerprint density at radius 3 is 2.15 bits per heavy atom. The first-order valence-electron chi connectivity index (χ1n) is 12.3. The van der Waals surface area contributed by atoms with E-state index < -0.39 is 40.9 Å². The third-order valence-corrected chi connectivity index (χ3v) is 6.04. The van der Waals surface area contributed by atoms with E-state index in [9.17, 15) is 22.4 Å². The number of piperidine rings is 1. The van der Waals surface area contributed by atoms with Crippen LogP contribution in [0.5, 0.6) is 11.5 Å². The van der Waals surface area contributed by atoms with E-state index in [4.69, 9.17) is 40.7 Å². The Morgan fingerprint density at radius 1 is 1.12 bits per heavy atom. The lowest BCUT2D eigenvalue weighted by Gasteiger charge is -2.32. The Balaban J connectivity index is 0.000000653. The molecule has 2 fully saturated rings. The number of rotatable bonds is 7. The summed E-state index contributed by atoms with van der Waals surface area (Å²) in [5, 5.41) is 7.50. The van der Waals surface area contributed by atoms with Gasteiger partial charge in [0.1, 0.15) is 23.4 Å². The second kappa shape index (κ2) is 15.3. The van der Waals surface area contributed by atoms with E-state index in [-0.39, 0.29) is 22.4 Å². The number of amides is 1. The van der Waals surface area contributed by atoms with Gasteiger partial charge in [0.05, 0.1) is 5.56 Å². The van der Waals surface area contributed by atoms with Gasteiger partial charge < -0.3 is 24.9 Å². The molecule has 2 aromatic carbocycles. The summed E-state index contributed by atoms with van der Waals surface area (Å²) in [5.74, 6) is -2.12. The van der Waals surface area contributed by atoms with Gasteiger partial charge in [0.15, 0.2) is 0 Å². The molecule has 1 saturated heterocycles. The first-order valence-corrected chi connectivity index (χ1v) is 14.2. The van der Waals surface area contributed by atoms with Crippen molar-refractivity contribution in [1.29, 1.82) is 0 Å². The van der Waals surface area contributed by atoms with E-state index in [1.54, 1.807) is 6.07 Å². The highest BCUT2D eigenvalue weighted by Gasteiger charge is 2.32. The summed E-state index contributed by atoms with van der Waals surface area (Å²) in [6.07, 6.45) is -0.638. The fourth-order valence-electron chi connectivity index (χ4n) is 4.15. The molecule has 0 radical (unpaired) electrons. The zero-order chi connectivity index (χ0) is 30.9. The van der Waals surface area contributed by atoms with Gasteiger partial charge in [-0.25, -0.2) is 4.39 Å². The number of carbonyl (C=O) groups excluding carboxylic acids is 1. The molecule has 0 spiro atoms.